The predicted octanol–water partition coefficient (Wildman–Crippen LogP) is -0.857. The molecule has 5 heteroatoms. The summed E-state index contributed by atoms with van der Waals surface area (Å²) >= 11 is 0. The van der Waals surface area contributed by atoms with E-state index >= 15 is 0 Å². The van der Waals surface area contributed by atoms with Crippen LogP contribution in [0.1, 0.15) is 6.42 Å². The van der Waals surface area contributed by atoms with Crippen LogP contribution in [0.4, 0.5) is 0 Å². The second kappa shape index (κ2) is 5.70. The monoisotopic (exact) mass is 213 g/mol. The van der Waals surface area contributed by atoms with Crippen LogP contribution in [0.2, 0.25) is 0 Å². The normalized spacial score (nSPS) is 20.4. The van der Waals surface area contributed by atoms with Crippen LogP contribution < -0.4 is 5.32 Å². The molecular formula is C10H19N3O2. The Morgan fingerprint density at radius 2 is 2.40 bits per heavy atom. The summed E-state index contributed by atoms with van der Waals surface area (Å²) in [5, 5.41) is 2.84. The minimum absolute atomic E-state index is 0.0991. The molecule has 1 atom stereocenters. The van der Waals surface area contributed by atoms with E-state index in [1.54, 1.807) is 16.8 Å². The highest BCUT2D eigenvalue weighted by Crippen LogP contribution is 2.15. The third-order valence-corrected chi connectivity index (χ3v) is 2.75. The molecule has 15 heavy (non-hydrogen) atoms. The van der Waals surface area contributed by atoms with Crippen LogP contribution >= 0.6 is 0 Å². The SMILES string of the molecule is CNCC(=O)N(C)CC1CCN(C=O)C1. The number of carbonyl (C=O) groups excluding carboxylic acids is 2. The summed E-state index contributed by atoms with van der Waals surface area (Å²) in [5.74, 6) is 0.531. The fourth-order valence-corrected chi connectivity index (χ4v) is 1.88. The van der Waals surface area contributed by atoms with Crippen LogP contribution in [0.15, 0.2) is 0 Å². The molecule has 1 aliphatic rings. The summed E-state index contributed by atoms with van der Waals surface area (Å²) in [6.07, 6.45) is 1.88. The van der Waals surface area contributed by atoms with E-state index in [1.807, 2.05) is 7.05 Å². The highest BCUT2D eigenvalue weighted by atomic mass is 16.2. The number of amides is 2. The number of carbonyl (C=O) groups is 2. The number of likely N-dealkylation sites (tertiary alicyclic amines) is 1. The van der Waals surface area contributed by atoms with Crippen LogP contribution in [0.5, 0.6) is 0 Å². The lowest BCUT2D eigenvalue weighted by molar-refractivity contribution is -0.129. The van der Waals surface area contributed by atoms with Crippen LogP contribution in [0.3, 0.4) is 0 Å². The molecule has 0 aromatic carbocycles. The first-order chi connectivity index (χ1) is 7.17. The van der Waals surface area contributed by atoms with E-state index < -0.39 is 0 Å². The molecule has 2 amide bonds. The van der Waals surface area contributed by atoms with E-state index in [9.17, 15) is 9.59 Å². The summed E-state index contributed by atoms with van der Waals surface area (Å²) in [7, 11) is 3.57. The standard InChI is InChI=1S/C10H19N3O2/c1-11-5-10(15)12(2)6-9-3-4-13(7-9)8-14/h8-9,11H,3-7H2,1-2H3. The fourth-order valence-electron chi connectivity index (χ4n) is 1.88. The molecule has 86 valence electrons. The maximum absolute atomic E-state index is 11.5. The maximum Gasteiger partial charge on any atom is 0.236 e. The number of nitrogens with zero attached hydrogens (tertiary/aromatic N) is 2. The zero-order valence-corrected chi connectivity index (χ0v) is 9.40. The Morgan fingerprint density at radius 3 is 2.93 bits per heavy atom. The number of nitrogens with one attached hydrogen (secondary N) is 1. The van der Waals surface area contributed by atoms with Crippen molar-refractivity contribution >= 4 is 12.3 Å². The third-order valence-electron chi connectivity index (χ3n) is 2.75. The maximum atomic E-state index is 11.5. The van der Waals surface area contributed by atoms with Gasteiger partial charge in [-0.3, -0.25) is 9.59 Å². The molecule has 0 radical (unpaired) electrons. The lowest BCUT2D eigenvalue weighted by Gasteiger charge is -2.20. The second-order valence-corrected chi connectivity index (χ2v) is 4.06. The molecule has 0 spiro atoms. The molecule has 5 nitrogen and oxygen atoms in total. The molecule has 1 saturated heterocycles. The van der Waals surface area contributed by atoms with E-state index in [-0.39, 0.29) is 5.91 Å². The average Bonchev–Trinajstić information content (AvgIpc) is 2.66. The molecule has 0 saturated carbocycles. The van der Waals surface area contributed by atoms with Gasteiger partial charge in [-0.1, -0.05) is 0 Å². The molecule has 0 aromatic rings. The van der Waals surface area contributed by atoms with E-state index in [0.29, 0.717) is 12.5 Å². The van der Waals surface area contributed by atoms with Gasteiger partial charge in [0.15, 0.2) is 0 Å². The molecule has 0 bridgehead atoms. The smallest absolute Gasteiger partial charge is 0.236 e. The van der Waals surface area contributed by atoms with Gasteiger partial charge in [0, 0.05) is 26.7 Å². The van der Waals surface area contributed by atoms with Crippen molar-refractivity contribution in [1.82, 2.24) is 15.1 Å². The van der Waals surface area contributed by atoms with Crippen molar-refractivity contribution in [2.45, 2.75) is 6.42 Å². The summed E-state index contributed by atoms with van der Waals surface area (Å²) < 4.78 is 0. The molecule has 0 aromatic heterocycles. The Labute approximate surface area is 90.4 Å². The topological polar surface area (TPSA) is 52.7 Å². The summed E-state index contributed by atoms with van der Waals surface area (Å²) in [6, 6.07) is 0. The average molecular weight is 213 g/mol. The number of hydrogen-bond acceptors (Lipinski definition) is 3. The van der Waals surface area contributed by atoms with Gasteiger partial charge in [-0.2, -0.15) is 0 Å². The molecule has 1 aliphatic heterocycles. The van der Waals surface area contributed by atoms with Crippen LogP contribution in [-0.4, -0.2) is 62.4 Å². The first kappa shape index (κ1) is 12.0. The first-order valence-electron chi connectivity index (χ1n) is 5.25. The zero-order valence-electron chi connectivity index (χ0n) is 9.40. The Kier molecular flexibility index (Phi) is 4.55. The summed E-state index contributed by atoms with van der Waals surface area (Å²) in [4.78, 5) is 25.5. The van der Waals surface area contributed by atoms with Crippen LogP contribution in [0.25, 0.3) is 0 Å². The number of hydrogen-bond donors (Lipinski definition) is 1. The lowest BCUT2D eigenvalue weighted by atomic mass is 10.1. The van der Waals surface area contributed by atoms with Gasteiger partial charge >= 0.3 is 0 Å². The summed E-state index contributed by atoms with van der Waals surface area (Å²) in [6.45, 7) is 2.72. The molecule has 1 unspecified atom stereocenters. The second-order valence-electron chi connectivity index (χ2n) is 4.06. The minimum atomic E-state index is 0.0991. The van der Waals surface area contributed by atoms with Crippen molar-refractivity contribution in [1.29, 1.82) is 0 Å². The first-order valence-corrected chi connectivity index (χ1v) is 5.25. The lowest BCUT2D eigenvalue weighted by Crippen LogP contribution is -2.37. The van der Waals surface area contributed by atoms with Crippen LogP contribution in [0, 0.1) is 5.92 Å². The van der Waals surface area contributed by atoms with Gasteiger partial charge in [0.05, 0.1) is 6.54 Å². The van der Waals surface area contributed by atoms with Crippen molar-refractivity contribution < 1.29 is 9.59 Å². The van der Waals surface area contributed by atoms with E-state index in [4.69, 9.17) is 0 Å². The molecular weight excluding hydrogens is 194 g/mol. The Morgan fingerprint density at radius 1 is 1.67 bits per heavy atom. The Hall–Kier alpha value is -1.10. The predicted molar refractivity (Wildman–Crippen MR) is 57.3 cm³/mol. The van der Waals surface area contributed by atoms with Crippen LogP contribution in [-0.2, 0) is 9.59 Å². The zero-order chi connectivity index (χ0) is 11.3. The Balaban J connectivity index is 2.29. The van der Waals surface area contributed by atoms with Crippen molar-refractivity contribution in [3.8, 4) is 0 Å². The van der Waals surface area contributed by atoms with E-state index in [1.165, 1.54) is 0 Å². The van der Waals surface area contributed by atoms with Crippen molar-refractivity contribution in [3.63, 3.8) is 0 Å². The van der Waals surface area contributed by atoms with Gasteiger partial charge in [0.1, 0.15) is 0 Å². The molecule has 1 fully saturated rings. The van der Waals surface area contributed by atoms with Gasteiger partial charge in [-0.25, -0.2) is 0 Å². The molecule has 1 heterocycles. The highest BCUT2D eigenvalue weighted by Gasteiger charge is 2.23. The summed E-state index contributed by atoms with van der Waals surface area (Å²) in [5.41, 5.74) is 0. The molecule has 0 aliphatic carbocycles. The number of likely N-dealkylation sites (N-methyl/N-ethyl adjacent to an activating group) is 2. The minimum Gasteiger partial charge on any atom is -0.345 e. The third kappa shape index (κ3) is 3.51. The van der Waals surface area contributed by atoms with Gasteiger partial charge in [-0.15, -0.1) is 0 Å². The highest BCUT2D eigenvalue weighted by molar-refractivity contribution is 5.77. The van der Waals surface area contributed by atoms with Gasteiger partial charge in [-0.05, 0) is 19.4 Å². The van der Waals surface area contributed by atoms with E-state index in [0.717, 1.165) is 32.5 Å². The van der Waals surface area contributed by atoms with Gasteiger partial charge < -0.3 is 15.1 Å². The van der Waals surface area contributed by atoms with Gasteiger partial charge in [0.25, 0.3) is 0 Å². The van der Waals surface area contributed by atoms with Crippen molar-refractivity contribution in [2.24, 2.45) is 5.92 Å². The van der Waals surface area contributed by atoms with Gasteiger partial charge in [0.2, 0.25) is 12.3 Å². The van der Waals surface area contributed by atoms with Crippen molar-refractivity contribution in [2.75, 3.05) is 40.3 Å². The largest absolute Gasteiger partial charge is 0.345 e. The fraction of sp³-hybridized carbons (Fsp3) is 0.800. The van der Waals surface area contributed by atoms with E-state index in [2.05, 4.69) is 5.32 Å². The molecule has 1 rings (SSSR count). The molecule has 1 N–H and O–H groups in total. The quantitative estimate of drug-likeness (QED) is 0.605. The Bertz CT molecular complexity index is 233. The van der Waals surface area contributed by atoms with Crippen molar-refractivity contribution in [3.05, 3.63) is 0 Å². The number of rotatable bonds is 5.